The lowest BCUT2D eigenvalue weighted by Crippen LogP contribution is -2.33. The fourth-order valence-electron chi connectivity index (χ4n) is 2.35. The molecule has 0 unspecified atom stereocenters. The third-order valence-electron chi connectivity index (χ3n) is 3.51. The Morgan fingerprint density at radius 2 is 2.11 bits per heavy atom. The Labute approximate surface area is 118 Å². The van der Waals surface area contributed by atoms with Gasteiger partial charge in [0.05, 0.1) is 6.61 Å². The summed E-state index contributed by atoms with van der Waals surface area (Å²) in [7, 11) is 0. The summed E-state index contributed by atoms with van der Waals surface area (Å²) in [5, 5.41) is 9.71. The molecule has 0 aromatic heterocycles. The summed E-state index contributed by atoms with van der Waals surface area (Å²) in [6.07, 6.45) is 0.957. The predicted octanol–water partition coefficient (Wildman–Crippen LogP) is 1.89. The lowest BCUT2D eigenvalue weighted by Gasteiger charge is -2.23. The van der Waals surface area contributed by atoms with Crippen molar-refractivity contribution in [3.63, 3.8) is 0 Å². The van der Waals surface area contributed by atoms with E-state index in [1.54, 1.807) is 6.92 Å². The molecule has 1 aliphatic heterocycles. The molecule has 1 N–H and O–H groups in total. The van der Waals surface area contributed by atoms with Crippen molar-refractivity contribution in [3.8, 4) is 0 Å². The number of nitrogens with zero attached hydrogens (tertiary/aromatic N) is 2. The second-order valence-corrected chi connectivity index (χ2v) is 5.19. The van der Waals surface area contributed by atoms with E-state index in [0.29, 0.717) is 5.02 Å². The summed E-state index contributed by atoms with van der Waals surface area (Å²) in [6.45, 7) is 4.86. The summed E-state index contributed by atoms with van der Waals surface area (Å²) in [5.41, 5.74) is 1.79. The molecular weight excluding hydrogens is 264 g/mol. The van der Waals surface area contributed by atoms with Gasteiger partial charge in [0.2, 0.25) is 5.91 Å². The first-order valence-corrected chi connectivity index (χ1v) is 6.89. The molecule has 2 rings (SSSR count). The molecule has 0 spiro atoms. The Hall–Kier alpha value is -1.26. The second kappa shape index (κ2) is 6.26. The zero-order chi connectivity index (χ0) is 13.8. The van der Waals surface area contributed by atoms with Crippen molar-refractivity contribution in [1.29, 1.82) is 0 Å². The molecule has 0 aliphatic carbocycles. The Balaban J connectivity index is 2.10. The van der Waals surface area contributed by atoms with E-state index in [1.807, 2.05) is 23.1 Å². The van der Waals surface area contributed by atoms with Gasteiger partial charge in [0.15, 0.2) is 0 Å². The molecular formula is C14H19ClN2O2. The third kappa shape index (κ3) is 3.39. The standard InChI is InChI=1S/C14H19ClN2O2/c1-11(19)16-5-2-6-17(8-7-16)13-4-3-12(10-18)14(15)9-13/h3-4,9,18H,2,5-8,10H2,1H3. The van der Waals surface area contributed by atoms with Crippen LogP contribution in [0.5, 0.6) is 0 Å². The van der Waals surface area contributed by atoms with Gasteiger partial charge in [0.1, 0.15) is 0 Å². The molecule has 1 aromatic carbocycles. The van der Waals surface area contributed by atoms with Gasteiger partial charge in [-0.2, -0.15) is 0 Å². The van der Waals surface area contributed by atoms with Crippen LogP contribution in [0.2, 0.25) is 5.02 Å². The van der Waals surface area contributed by atoms with Crippen LogP contribution in [-0.4, -0.2) is 42.1 Å². The molecule has 4 nitrogen and oxygen atoms in total. The predicted molar refractivity (Wildman–Crippen MR) is 76.5 cm³/mol. The van der Waals surface area contributed by atoms with Crippen LogP contribution in [0.4, 0.5) is 5.69 Å². The smallest absolute Gasteiger partial charge is 0.219 e. The zero-order valence-electron chi connectivity index (χ0n) is 11.1. The lowest BCUT2D eigenvalue weighted by molar-refractivity contribution is -0.128. The summed E-state index contributed by atoms with van der Waals surface area (Å²) >= 11 is 6.12. The summed E-state index contributed by atoms with van der Waals surface area (Å²) in [6, 6.07) is 5.71. The topological polar surface area (TPSA) is 43.8 Å². The van der Waals surface area contributed by atoms with E-state index in [1.165, 1.54) is 0 Å². The van der Waals surface area contributed by atoms with Crippen molar-refractivity contribution < 1.29 is 9.90 Å². The lowest BCUT2D eigenvalue weighted by atomic mass is 10.2. The van der Waals surface area contributed by atoms with Gasteiger partial charge in [-0.25, -0.2) is 0 Å². The average molecular weight is 283 g/mol. The molecule has 0 radical (unpaired) electrons. The molecule has 0 saturated carbocycles. The van der Waals surface area contributed by atoms with E-state index >= 15 is 0 Å². The zero-order valence-corrected chi connectivity index (χ0v) is 11.9. The Bertz CT molecular complexity index is 465. The van der Waals surface area contributed by atoms with Crippen LogP contribution in [-0.2, 0) is 11.4 Å². The highest BCUT2D eigenvalue weighted by Gasteiger charge is 2.17. The maximum Gasteiger partial charge on any atom is 0.219 e. The van der Waals surface area contributed by atoms with Crippen LogP contribution in [0.15, 0.2) is 18.2 Å². The van der Waals surface area contributed by atoms with E-state index in [-0.39, 0.29) is 12.5 Å². The van der Waals surface area contributed by atoms with E-state index in [2.05, 4.69) is 4.90 Å². The van der Waals surface area contributed by atoms with Crippen LogP contribution in [0.1, 0.15) is 18.9 Å². The van der Waals surface area contributed by atoms with Gasteiger partial charge in [0, 0.05) is 43.8 Å². The van der Waals surface area contributed by atoms with Crippen molar-refractivity contribution in [2.45, 2.75) is 20.0 Å². The first-order chi connectivity index (χ1) is 9.11. The molecule has 1 aliphatic rings. The maximum absolute atomic E-state index is 11.4. The van der Waals surface area contributed by atoms with Gasteiger partial charge in [-0.3, -0.25) is 4.79 Å². The second-order valence-electron chi connectivity index (χ2n) is 4.78. The molecule has 1 saturated heterocycles. The number of rotatable bonds is 2. The van der Waals surface area contributed by atoms with Gasteiger partial charge >= 0.3 is 0 Å². The number of aliphatic hydroxyl groups is 1. The fourth-order valence-corrected chi connectivity index (χ4v) is 2.59. The molecule has 104 valence electrons. The van der Waals surface area contributed by atoms with Crippen LogP contribution in [0, 0.1) is 0 Å². The highest BCUT2D eigenvalue weighted by atomic mass is 35.5. The van der Waals surface area contributed by atoms with Gasteiger partial charge in [-0.1, -0.05) is 17.7 Å². The highest BCUT2D eigenvalue weighted by molar-refractivity contribution is 6.31. The van der Waals surface area contributed by atoms with Crippen molar-refractivity contribution in [2.24, 2.45) is 0 Å². The summed E-state index contributed by atoms with van der Waals surface area (Å²) < 4.78 is 0. The maximum atomic E-state index is 11.4. The Morgan fingerprint density at radius 3 is 2.74 bits per heavy atom. The van der Waals surface area contributed by atoms with Gasteiger partial charge in [-0.05, 0) is 24.1 Å². The van der Waals surface area contributed by atoms with Gasteiger partial charge in [0.25, 0.3) is 0 Å². The number of hydrogen-bond acceptors (Lipinski definition) is 3. The number of carbonyl (C=O) groups excluding carboxylic acids is 1. The minimum absolute atomic E-state index is 0.0444. The number of halogens is 1. The number of anilines is 1. The van der Waals surface area contributed by atoms with E-state index in [0.717, 1.165) is 43.9 Å². The molecule has 0 bridgehead atoms. The number of benzene rings is 1. The van der Waals surface area contributed by atoms with Crippen LogP contribution in [0.3, 0.4) is 0 Å². The Kier molecular flexibility index (Phi) is 4.66. The molecule has 0 atom stereocenters. The first-order valence-electron chi connectivity index (χ1n) is 6.51. The minimum atomic E-state index is -0.0444. The van der Waals surface area contributed by atoms with E-state index < -0.39 is 0 Å². The largest absolute Gasteiger partial charge is 0.392 e. The normalized spacial score (nSPS) is 16.4. The third-order valence-corrected chi connectivity index (χ3v) is 3.87. The molecule has 1 heterocycles. The van der Waals surface area contributed by atoms with E-state index in [4.69, 9.17) is 16.7 Å². The summed E-state index contributed by atoms with van der Waals surface area (Å²) in [4.78, 5) is 15.5. The van der Waals surface area contributed by atoms with Gasteiger partial charge < -0.3 is 14.9 Å². The number of hydrogen-bond donors (Lipinski definition) is 1. The van der Waals surface area contributed by atoms with Crippen LogP contribution in [0.25, 0.3) is 0 Å². The van der Waals surface area contributed by atoms with Crippen LogP contribution < -0.4 is 4.90 Å². The first kappa shape index (κ1) is 14.2. The number of amides is 1. The SMILES string of the molecule is CC(=O)N1CCCN(c2ccc(CO)c(Cl)c2)CC1. The van der Waals surface area contributed by atoms with Crippen molar-refractivity contribution in [2.75, 3.05) is 31.1 Å². The fraction of sp³-hybridized carbons (Fsp3) is 0.500. The van der Waals surface area contributed by atoms with Crippen LogP contribution >= 0.6 is 11.6 Å². The number of aliphatic hydroxyl groups excluding tert-OH is 1. The molecule has 1 amide bonds. The van der Waals surface area contributed by atoms with Crippen molar-refractivity contribution >= 4 is 23.2 Å². The van der Waals surface area contributed by atoms with Crippen molar-refractivity contribution in [3.05, 3.63) is 28.8 Å². The summed E-state index contributed by atoms with van der Waals surface area (Å²) in [5.74, 6) is 0.135. The van der Waals surface area contributed by atoms with Crippen molar-refractivity contribution in [1.82, 2.24) is 4.90 Å². The molecule has 19 heavy (non-hydrogen) atoms. The molecule has 1 fully saturated rings. The van der Waals surface area contributed by atoms with Gasteiger partial charge in [-0.15, -0.1) is 0 Å². The quantitative estimate of drug-likeness (QED) is 0.901. The monoisotopic (exact) mass is 282 g/mol. The minimum Gasteiger partial charge on any atom is -0.392 e. The van der Waals surface area contributed by atoms with E-state index in [9.17, 15) is 4.79 Å². The number of carbonyl (C=O) groups is 1. The molecule has 1 aromatic rings. The highest BCUT2D eigenvalue weighted by Crippen LogP contribution is 2.24. The average Bonchev–Trinajstić information content (AvgIpc) is 2.64. The molecule has 5 heteroatoms. The Morgan fingerprint density at radius 1 is 1.32 bits per heavy atom.